The number of hydrogen-bond donors (Lipinski definition) is 0. The van der Waals surface area contributed by atoms with Crippen LogP contribution in [0.25, 0.3) is 11.1 Å². The molecule has 0 fully saturated rings. The van der Waals surface area contributed by atoms with E-state index in [0.717, 1.165) is 22.4 Å². The number of amides is 1. The van der Waals surface area contributed by atoms with Gasteiger partial charge < -0.3 is 9.64 Å². The van der Waals surface area contributed by atoms with Crippen molar-refractivity contribution < 1.29 is 14.3 Å². The average molecular weight is 344 g/mol. The number of nitrogens with zero attached hydrogens (tertiary/aromatic N) is 2. The van der Waals surface area contributed by atoms with E-state index in [2.05, 4.69) is 4.98 Å². The SMILES string of the molecule is COc1ccc(CN2C(=O)C(=O)c3cc(-c4ccncc4)ccc32)cc1. The zero-order chi connectivity index (χ0) is 18.1. The number of carbonyl (C=O) groups excluding carboxylic acids is 2. The van der Waals surface area contributed by atoms with Crippen LogP contribution in [0.1, 0.15) is 15.9 Å². The molecule has 4 rings (SSSR count). The van der Waals surface area contributed by atoms with Crippen LogP contribution in [0, 0.1) is 0 Å². The predicted molar refractivity (Wildman–Crippen MR) is 98.2 cm³/mol. The van der Waals surface area contributed by atoms with Gasteiger partial charge in [-0.2, -0.15) is 0 Å². The molecule has 5 nitrogen and oxygen atoms in total. The molecule has 1 aliphatic heterocycles. The van der Waals surface area contributed by atoms with Crippen LogP contribution in [0.5, 0.6) is 5.75 Å². The summed E-state index contributed by atoms with van der Waals surface area (Å²) in [5.41, 5.74) is 3.86. The van der Waals surface area contributed by atoms with Crippen LogP contribution in [0.4, 0.5) is 5.69 Å². The van der Waals surface area contributed by atoms with E-state index in [0.29, 0.717) is 17.8 Å². The molecule has 5 heteroatoms. The van der Waals surface area contributed by atoms with Crippen molar-refractivity contribution in [3.05, 3.63) is 78.1 Å². The first kappa shape index (κ1) is 16.0. The van der Waals surface area contributed by atoms with Crippen LogP contribution >= 0.6 is 0 Å². The molecule has 1 amide bonds. The summed E-state index contributed by atoms with van der Waals surface area (Å²) in [6.45, 7) is 0.343. The summed E-state index contributed by atoms with van der Waals surface area (Å²) in [5, 5.41) is 0. The number of rotatable bonds is 4. The molecule has 0 unspecified atom stereocenters. The summed E-state index contributed by atoms with van der Waals surface area (Å²) in [5.74, 6) is -0.216. The average Bonchev–Trinajstić information content (AvgIpc) is 2.94. The molecule has 0 atom stereocenters. The van der Waals surface area contributed by atoms with Crippen molar-refractivity contribution in [3.8, 4) is 16.9 Å². The van der Waals surface area contributed by atoms with Gasteiger partial charge in [0.05, 0.1) is 24.9 Å². The Hall–Kier alpha value is -3.47. The highest BCUT2D eigenvalue weighted by atomic mass is 16.5. The fourth-order valence-corrected chi connectivity index (χ4v) is 3.09. The van der Waals surface area contributed by atoms with E-state index in [9.17, 15) is 9.59 Å². The summed E-state index contributed by atoms with van der Waals surface area (Å²) in [6, 6.07) is 16.7. The van der Waals surface area contributed by atoms with Crippen molar-refractivity contribution in [2.45, 2.75) is 6.54 Å². The van der Waals surface area contributed by atoms with Gasteiger partial charge in [-0.3, -0.25) is 14.6 Å². The fraction of sp³-hybridized carbons (Fsp3) is 0.0952. The Bertz CT molecular complexity index is 982. The second-order valence-corrected chi connectivity index (χ2v) is 6.04. The summed E-state index contributed by atoms with van der Waals surface area (Å²) in [6.07, 6.45) is 3.40. The van der Waals surface area contributed by atoms with Crippen LogP contribution in [-0.2, 0) is 11.3 Å². The molecule has 2 aromatic carbocycles. The molecule has 128 valence electrons. The number of benzene rings is 2. The van der Waals surface area contributed by atoms with Crippen LogP contribution < -0.4 is 9.64 Å². The maximum atomic E-state index is 12.5. The molecule has 0 aliphatic carbocycles. The molecular weight excluding hydrogens is 328 g/mol. The Balaban J connectivity index is 1.67. The number of anilines is 1. The number of carbonyl (C=O) groups is 2. The molecule has 0 saturated heterocycles. The lowest BCUT2D eigenvalue weighted by Crippen LogP contribution is -2.29. The lowest BCUT2D eigenvalue weighted by Gasteiger charge is -2.17. The number of pyridine rings is 1. The smallest absolute Gasteiger partial charge is 0.299 e. The third-order valence-corrected chi connectivity index (χ3v) is 4.48. The Morgan fingerprint density at radius 3 is 2.35 bits per heavy atom. The van der Waals surface area contributed by atoms with E-state index in [1.54, 1.807) is 25.6 Å². The van der Waals surface area contributed by atoms with Crippen molar-refractivity contribution in [2.24, 2.45) is 0 Å². The van der Waals surface area contributed by atoms with Gasteiger partial charge in [-0.05, 0) is 53.1 Å². The third-order valence-electron chi connectivity index (χ3n) is 4.48. The quantitative estimate of drug-likeness (QED) is 0.680. The molecule has 0 spiro atoms. The van der Waals surface area contributed by atoms with Crippen LogP contribution in [0.15, 0.2) is 67.0 Å². The minimum atomic E-state index is -0.498. The number of methoxy groups -OCH3 is 1. The number of ether oxygens (including phenoxy) is 1. The zero-order valence-electron chi connectivity index (χ0n) is 14.2. The summed E-state index contributed by atoms with van der Waals surface area (Å²) < 4.78 is 5.15. The molecule has 0 saturated carbocycles. The summed E-state index contributed by atoms with van der Waals surface area (Å²) in [7, 11) is 1.61. The highest BCUT2D eigenvalue weighted by Gasteiger charge is 2.35. The fourth-order valence-electron chi connectivity index (χ4n) is 3.09. The number of Topliss-reactive ketones (excluding diaryl/α,β-unsaturated/α-hetero) is 1. The van der Waals surface area contributed by atoms with Gasteiger partial charge in [0.15, 0.2) is 0 Å². The Morgan fingerprint density at radius 2 is 1.65 bits per heavy atom. The molecule has 26 heavy (non-hydrogen) atoms. The minimum absolute atomic E-state index is 0.343. The number of aromatic nitrogens is 1. The van der Waals surface area contributed by atoms with Gasteiger partial charge >= 0.3 is 0 Å². The first-order chi connectivity index (χ1) is 12.7. The first-order valence-electron chi connectivity index (χ1n) is 8.21. The van der Waals surface area contributed by atoms with Gasteiger partial charge in [0.2, 0.25) is 0 Å². The van der Waals surface area contributed by atoms with Crippen molar-refractivity contribution in [1.82, 2.24) is 4.98 Å². The van der Waals surface area contributed by atoms with E-state index >= 15 is 0 Å². The van der Waals surface area contributed by atoms with Gasteiger partial charge in [-0.1, -0.05) is 18.2 Å². The number of fused-ring (bicyclic) bond motifs is 1. The summed E-state index contributed by atoms with van der Waals surface area (Å²) in [4.78, 5) is 30.5. The van der Waals surface area contributed by atoms with Gasteiger partial charge in [-0.25, -0.2) is 0 Å². The van der Waals surface area contributed by atoms with Crippen molar-refractivity contribution in [2.75, 3.05) is 12.0 Å². The van der Waals surface area contributed by atoms with Crippen LogP contribution in [-0.4, -0.2) is 23.8 Å². The third kappa shape index (κ3) is 2.73. The van der Waals surface area contributed by atoms with Crippen LogP contribution in [0.2, 0.25) is 0 Å². The summed E-state index contributed by atoms with van der Waals surface area (Å²) >= 11 is 0. The normalized spacial score (nSPS) is 13.0. The van der Waals surface area contributed by atoms with E-state index in [1.807, 2.05) is 48.5 Å². The van der Waals surface area contributed by atoms with Gasteiger partial charge in [0.1, 0.15) is 5.75 Å². The predicted octanol–water partition coefficient (Wildman–Crippen LogP) is 3.49. The molecule has 0 N–H and O–H groups in total. The van der Waals surface area contributed by atoms with Gasteiger partial charge in [0.25, 0.3) is 11.7 Å². The molecule has 1 aromatic heterocycles. The minimum Gasteiger partial charge on any atom is -0.497 e. The Labute approximate surface area is 150 Å². The monoisotopic (exact) mass is 344 g/mol. The van der Waals surface area contributed by atoms with Gasteiger partial charge in [0, 0.05) is 12.4 Å². The second kappa shape index (κ2) is 6.44. The first-order valence-corrected chi connectivity index (χ1v) is 8.21. The molecule has 0 bridgehead atoms. The van der Waals surface area contributed by atoms with E-state index < -0.39 is 11.7 Å². The van der Waals surface area contributed by atoms with Crippen molar-refractivity contribution >= 4 is 17.4 Å². The maximum absolute atomic E-state index is 12.5. The van der Waals surface area contributed by atoms with E-state index in [-0.39, 0.29) is 0 Å². The number of ketones is 1. The van der Waals surface area contributed by atoms with Crippen molar-refractivity contribution in [3.63, 3.8) is 0 Å². The molecule has 3 aromatic rings. The molecular formula is C21H16N2O3. The van der Waals surface area contributed by atoms with Gasteiger partial charge in [-0.15, -0.1) is 0 Å². The topological polar surface area (TPSA) is 59.5 Å². The largest absolute Gasteiger partial charge is 0.497 e. The van der Waals surface area contributed by atoms with E-state index in [1.165, 1.54) is 4.90 Å². The van der Waals surface area contributed by atoms with Crippen LogP contribution in [0.3, 0.4) is 0 Å². The highest BCUT2D eigenvalue weighted by Crippen LogP contribution is 2.34. The standard InChI is InChI=1S/C21H16N2O3/c1-26-17-5-2-14(3-6-17)13-23-19-7-4-16(15-8-10-22-11-9-15)12-18(19)20(24)21(23)25/h2-12H,13H2,1H3. The Kier molecular flexibility index (Phi) is 3.97. The zero-order valence-corrected chi connectivity index (χ0v) is 14.2. The molecule has 0 radical (unpaired) electrons. The van der Waals surface area contributed by atoms with Crippen molar-refractivity contribution in [1.29, 1.82) is 0 Å². The maximum Gasteiger partial charge on any atom is 0.299 e. The highest BCUT2D eigenvalue weighted by molar-refractivity contribution is 6.52. The lowest BCUT2D eigenvalue weighted by molar-refractivity contribution is -0.114. The number of hydrogen-bond acceptors (Lipinski definition) is 4. The molecule has 2 heterocycles. The van der Waals surface area contributed by atoms with E-state index in [4.69, 9.17) is 4.74 Å². The Morgan fingerprint density at radius 1 is 0.923 bits per heavy atom. The second-order valence-electron chi connectivity index (χ2n) is 6.04. The lowest BCUT2D eigenvalue weighted by atomic mass is 10.0. The molecule has 1 aliphatic rings.